The van der Waals surface area contributed by atoms with Crippen molar-refractivity contribution in [3.63, 3.8) is 0 Å². The van der Waals surface area contributed by atoms with Crippen LogP contribution in [0.4, 0.5) is 0 Å². The van der Waals surface area contributed by atoms with Crippen molar-refractivity contribution in [2.24, 2.45) is 10.9 Å². The van der Waals surface area contributed by atoms with Crippen molar-refractivity contribution < 1.29 is 8.42 Å². The Morgan fingerprint density at radius 3 is 2.15 bits per heavy atom. The minimum Gasteiger partial charge on any atom is -0.354 e. The van der Waals surface area contributed by atoms with Gasteiger partial charge in [-0.05, 0) is 50.9 Å². The van der Waals surface area contributed by atoms with E-state index in [1.165, 1.54) is 70.9 Å². The smallest absolute Gasteiger partial charge is 0.191 e. The van der Waals surface area contributed by atoms with Crippen molar-refractivity contribution in [1.29, 1.82) is 0 Å². The number of rotatable bonds is 5. The summed E-state index contributed by atoms with van der Waals surface area (Å²) in [4.78, 5) is 7.49. The number of hydrogen-bond acceptors (Lipinski definition) is 4. The zero-order valence-electron chi connectivity index (χ0n) is 16.5. The molecule has 7 heteroatoms. The molecule has 1 atom stereocenters. The molecule has 1 unspecified atom stereocenters. The topological polar surface area (TPSA) is 73.8 Å². The molecule has 4 fully saturated rings. The molecule has 27 heavy (non-hydrogen) atoms. The van der Waals surface area contributed by atoms with Gasteiger partial charge in [0.25, 0.3) is 0 Å². The number of hydrogen-bond donors (Lipinski definition) is 2. The third kappa shape index (κ3) is 5.83. The van der Waals surface area contributed by atoms with Crippen LogP contribution >= 0.6 is 0 Å². The van der Waals surface area contributed by atoms with Crippen molar-refractivity contribution >= 4 is 15.8 Å². The number of sulfone groups is 1. The van der Waals surface area contributed by atoms with Gasteiger partial charge in [-0.25, -0.2) is 8.42 Å². The standard InChI is InChI=1S/C20H36N4O2S/c25-27(26)13-10-16(15-27)14-21-20(22-17-4-2-1-3-5-17)23-18-8-11-24(12-9-18)19-6-7-19/h16-19H,1-15H2,(H2,21,22,23). The average Bonchev–Trinajstić information content (AvgIpc) is 3.45. The number of nitrogens with one attached hydrogen (secondary N) is 2. The molecule has 6 nitrogen and oxygen atoms in total. The van der Waals surface area contributed by atoms with Crippen molar-refractivity contribution in [3.8, 4) is 0 Å². The molecule has 0 bridgehead atoms. The lowest BCUT2D eigenvalue weighted by atomic mass is 9.95. The fraction of sp³-hybridized carbons (Fsp3) is 0.950. The van der Waals surface area contributed by atoms with Gasteiger partial charge in [-0.15, -0.1) is 0 Å². The maximum atomic E-state index is 11.7. The SMILES string of the molecule is O=S1(=O)CCC(CN=C(NC2CCCCC2)NC2CCN(C3CC3)CC2)C1. The summed E-state index contributed by atoms with van der Waals surface area (Å²) in [6.45, 7) is 3.02. The van der Waals surface area contributed by atoms with Crippen LogP contribution in [0.1, 0.15) is 64.2 Å². The van der Waals surface area contributed by atoms with Gasteiger partial charge >= 0.3 is 0 Å². The van der Waals surface area contributed by atoms with Gasteiger partial charge in [-0.1, -0.05) is 19.3 Å². The van der Waals surface area contributed by atoms with Crippen molar-refractivity contribution in [2.45, 2.75) is 82.3 Å². The van der Waals surface area contributed by atoms with E-state index < -0.39 is 9.84 Å². The van der Waals surface area contributed by atoms with Gasteiger partial charge in [0.05, 0.1) is 11.5 Å². The first-order valence-electron chi connectivity index (χ1n) is 11.1. The van der Waals surface area contributed by atoms with E-state index >= 15 is 0 Å². The number of piperidine rings is 1. The highest BCUT2D eigenvalue weighted by Crippen LogP contribution is 2.29. The summed E-state index contributed by atoms with van der Waals surface area (Å²) >= 11 is 0. The second-order valence-corrected chi connectivity index (χ2v) is 11.4. The Morgan fingerprint density at radius 2 is 1.56 bits per heavy atom. The Morgan fingerprint density at radius 1 is 0.889 bits per heavy atom. The molecule has 2 aliphatic heterocycles. The lowest BCUT2D eigenvalue weighted by Gasteiger charge is -2.34. The Hall–Kier alpha value is -0.820. The van der Waals surface area contributed by atoms with E-state index in [4.69, 9.17) is 4.99 Å². The van der Waals surface area contributed by atoms with Crippen LogP contribution in [0.2, 0.25) is 0 Å². The fourth-order valence-electron chi connectivity index (χ4n) is 4.85. The summed E-state index contributed by atoms with van der Waals surface area (Å²) < 4.78 is 23.5. The van der Waals surface area contributed by atoms with Crippen molar-refractivity contribution in [1.82, 2.24) is 15.5 Å². The number of likely N-dealkylation sites (tertiary alicyclic amines) is 1. The van der Waals surface area contributed by atoms with Crippen molar-refractivity contribution in [3.05, 3.63) is 0 Å². The van der Waals surface area contributed by atoms with Crippen LogP contribution in [0.5, 0.6) is 0 Å². The first-order chi connectivity index (χ1) is 13.1. The van der Waals surface area contributed by atoms with E-state index in [1.54, 1.807) is 0 Å². The van der Waals surface area contributed by atoms with Gasteiger partial charge in [0.2, 0.25) is 0 Å². The summed E-state index contributed by atoms with van der Waals surface area (Å²) in [5.41, 5.74) is 0. The summed E-state index contributed by atoms with van der Waals surface area (Å²) in [5, 5.41) is 7.36. The van der Waals surface area contributed by atoms with Crippen LogP contribution < -0.4 is 10.6 Å². The van der Waals surface area contributed by atoms with Gasteiger partial charge in [0.1, 0.15) is 0 Å². The quantitative estimate of drug-likeness (QED) is 0.549. The third-order valence-corrected chi connectivity index (χ3v) is 8.55. The monoisotopic (exact) mass is 396 g/mol. The average molecular weight is 397 g/mol. The summed E-state index contributed by atoms with van der Waals surface area (Å²) in [7, 11) is -2.82. The Labute approximate surface area is 164 Å². The Kier molecular flexibility index (Phi) is 6.27. The van der Waals surface area contributed by atoms with Crippen molar-refractivity contribution in [2.75, 3.05) is 31.1 Å². The predicted molar refractivity (Wildman–Crippen MR) is 110 cm³/mol. The summed E-state index contributed by atoms with van der Waals surface area (Å²) in [6.07, 6.45) is 12.3. The lowest BCUT2D eigenvalue weighted by molar-refractivity contribution is 0.197. The second-order valence-electron chi connectivity index (χ2n) is 9.12. The van der Waals surface area contributed by atoms with E-state index in [-0.39, 0.29) is 5.92 Å². The molecule has 2 aliphatic carbocycles. The molecule has 0 radical (unpaired) electrons. The predicted octanol–water partition coefficient (Wildman–Crippen LogP) is 1.92. The molecule has 0 aromatic rings. The summed E-state index contributed by atoms with van der Waals surface area (Å²) in [6, 6.07) is 1.87. The van der Waals surface area contributed by atoms with E-state index in [0.29, 0.717) is 30.1 Å². The second kappa shape index (κ2) is 8.68. The molecule has 2 N–H and O–H groups in total. The Balaban J connectivity index is 1.32. The van der Waals surface area contributed by atoms with E-state index in [9.17, 15) is 8.42 Å². The van der Waals surface area contributed by atoms with Gasteiger partial charge in [0.15, 0.2) is 15.8 Å². The molecular weight excluding hydrogens is 360 g/mol. The fourth-order valence-corrected chi connectivity index (χ4v) is 6.70. The minimum atomic E-state index is -2.82. The molecule has 0 amide bonds. The highest BCUT2D eigenvalue weighted by Gasteiger charge is 2.32. The van der Waals surface area contributed by atoms with Crippen LogP contribution in [0.15, 0.2) is 4.99 Å². The van der Waals surface area contributed by atoms with Crippen LogP contribution in [0.3, 0.4) is 0 Å². The van der Waals surface area contributed by atoms with Crippen LogP contribution in [0, 0.1) is 5.92 Å². The Bertz CT molecular complexity index is 618. The van der Waals surface area contributed by atoms with Gasteiger partial charge in [-0.2, -0.15) is 0 Å². The number of aliphatic imine (C=N–C) groups is 1. The molecule has 0 spiro atoms. The normalized spacial score (nSPS) is 31.1. The molecule has 2 saturated heterocycles. The van der Waals surface area contributed by atoms with Gasteiger partial charge in [0, 0.05) is 37.8 Å². The van der Waals surface area contributed by atoms with Gasteiger partial charge < -0.3 is 15.5 Å². The molecule has 154 valence electrons. The first kappa shape index (κ1) is 19.5. The number of nitrogens with zero attached hydrogens (tertiary/aromatic N) is 2. The van der Waals surface area contributed by atoms with Crippen LogP contribution in [-0.2, 0) is 9.84 Å². The largest absolute Gasteiger partial charge is 0.354 e. The van der Waals surface area contributed by atoms with E-state index in [1.807, 2.05) is 0 Å². The molecule has 2 heterocycles. The number of guanidine groups is 1. The minimum absolute atomic E-state index is 0.191. The molecule has 0 aromatic heterocycles. The maximum absolute atomic E-state index is 11.7. The lowest BCUT2D eigenvalue weighted by Crippen LogP contribution is -2.51. The van der Waals surface area contributed by atoms with Crippen LogP contribution in [0.25, 0.3) is 0 Å². The highest BCUT2D eigenvalue weighted by atomic mass is 32.2. The summed E-state index contributed by atoms with van der Waals surface area (Å²) in [5.74, 6) is 1.77. The third-order valence-electron chi connectivity index (χ3n) is 6.71. The first-order valence-corrected chi connectivity index (χ1v) is 12.9. The highest BCUT2D eigenvalue weighted by molar-refractivity contribution is 7.91. The molecule has 0 aromatic carbocycles. The van der Waals surface area contributed by atoms with Gasteiger partial charge in [-0.3, -0.25) is 4.99 Å². The molecule has 4 aliphatic rings. The van der Waals surface area contributed by atoms with E-state index in [0.717, 1.165) is 18.4 Å². The van der Waals surface area contributed by atoms with E-state index in [2.05, 4.69) is 15.5 Å². The molecule has 2 saturated carbocycles. The molecular formula is C20H36N4O2S. The zero-order valence-corrected chi connectivity index (χ0v) is 17.4. The zero-order chi connectivity index (χ0) is 18.7. The molecule has 4 rings (SSSR count). The van der Waals surface area contributed by atoms with Crippen LogP contribution in [-0.4, -0.2) is 68.5 Å². The maximum Gasteiger partial charge on any atom is 0.191 e.